The second-order valence-corrected chi connectivity index (χ2v) is 4.36. The van der Waals surface area contributed by atoms with Crippen LogP contribution < -0.4 is 0 Å². The van der Waals surface area contributed by atoms with Crippen LogP contribution in [0.2, 0.25) is 5.02 Å². The Morgan fingerprint density at radius 3 is 2.83 bits per heavy atom. The minimum Gasteiger partial charge on any atom is -0.314 e. The van der Waals surface area contributed by atoms with Crippen LogP contribution in [0.4, 0.5) is 0 Å². The third-order valence-electron chi connectivity index (χ3n) is 2.80. The fraction of sp³-hybridized carbons (Fsp3) is 0. The van der Waals surface area contributed by atoms with Crippen LogP contribution in [0, 0.1) is 0 Å². The molecule has 3 heterocycles. The summed E-state index contributed by atoms with van der Waals surface area (Å²) in [5, 5.41) is 0.644. The Morgan fingerprint density at radius 2 is 2.11 bits per heavy atom. The van der Waals surface area contributed by atoms with Crippen LogP contribution in [0.15, 0.2) is 48.8 Å². The number of carbonyl (C=O) groups excluding carboxylic acids is 1. The molecule has 0 saturated carbocycles. The minimum absolute atomic E-state index is 0.607. The van der Waals surface area contributed by atoms with Crippen LogP contribution in [-0.2, 0) is 0 Å². The molecule has 0 unspecified atom stereocenters. The number of hydrogen-bond acceptors (Lipinski definition) is 2. The predicted molar refractivity (Wildman–Crippen MR) is 71.0 cm³/mol. The molecule has 0 atom stereocenters. The molecule has 3 aromatic heterocycles. The van der Waals surface area contributed by atoms with E-state index in [1.54, 1.807) is 12.3 Å². The largest absolute Gasteiger partial charge is 0.314 e. The summed E-state index contributed by atoms with van der Waals surface area (Å²) in [6.45, 7) is 0. The highest BCUT2D eigenvalue weighted by molar-refractivity contribution is 6.30. The number of carbonyl (C=O) groups is 1. The molecule has 0 aliphatic heterocycles. The highest BCUT2D eigenvalue weighted by atomic mass is 35.5. The Bertz CT molecular complexity index is 719. The summed E-state index contributed by atoms with van der Waals surface area (Å²) in [4.78, 5) is 15.5. The van der Waals surface area contributed by atoms with Gasteiger partial charge in [-0.15, -0.1) is 0 Å². The number of rotatable bonds is 2. The number of aromatic nitrogens is 2. The van der Waals surface area contributed by atoms with E-state index in [0.717, 1.165) is 23.2 Å². The van der Waals surface area contributed by atoms with Gasteiger partial charge in [-0.25, -0.2) is 0 Å². The van der Waals surface area contributed by atoms with Crippen molar-refractivity contribution in [3.05, 3.63) is 59.4 Å². The van der Waals surface area contributed by atoms with Gasteiger partial charge in [0.15, 0.2) is 6.29 Å². The molecule has 3 nitrogen and oxygen atoms in total. The summed E-state index contributed by atoms with van der Waals surface area (Å²) in [6.07, 6.45) is 4.39. The van der Waals surface area contributed by atoms with Crippen LogP contribution in [0.1, 0.15) is 10.4 Å². The van der Waals surface area contributed by atoms with E-state index >= 15 is 0 Å². The summed E-state index contributed by atoms with van der Waals surface area (Å²) < 4.78 is 1.91. The fourth-order valence-electron chi connectivity index (χ4n) is 2.04. The van der Waals surface area contributed by atoms with E-state index < -0.39 is 0 Å². The zero-order valence-electron chi connectivity index (χ0n) is 9.38. The highest BCUT2D eigenvalue weighted by Crippen LogP contribution is 2.26. The van der Waals surface area contributed by atoms with E-state index in [1.807, 2.05) is 40.9 Å². The fourth-order valence-corrected chi connectivity index (χ4v) is 2.20. The third-order valence-corrected chi connectivity index (χ3v) is 3.03. The molecule has 0 radical (unpaired) electrons. The van der Waals surface area contributed by atoms with Gasteiger partial charge in [0.2, 0.25) is 0 Å². The van der Waals surface area contributed by atoms with Crippen molar-refractivity contribution in [3.63, 3.8) is 0 Å². The van der Waals surface area contributed by atoms with Crippen molar-refractivity contribution in [2.75, 3.05) is 0 Å². The molecular formula is C14H9ClN2O. The molecule has 18 heavy (non-hydrogen) atoms. The van der Waals surface area contributed by atoms with E-state index in [1.165, 1.54) is 0 Å². The first kappa shape index (κ1) is 11.0. The van der Waals surface area contributed by atoms with Crippen LogP contribution >= 0.6 is 11.6 Å². The second kappa shape index (κ2) is 4.27. The SMILES string of the molecule is O=Cc1cc2cc(Cl)ccn2c1-c1ccccn1. The number of aldehydes is 1. The van der Waals surface area contributed by atoms with Crippen molar-refractivity contribution in [3.8, 4) is 11.4 Å². The van der Waals surface area contributed by atoms with Crippen molar-refractivity contribution < 1.29 is 4.79 Å². The van der Waals surface area contributed by atoms with Gasteiger partial charge in [0, 0.05) is 28.5 Å². The van der Waals surface area contributed by atoms with Gasteiger partial charge in [0.05, 0.1) is 11.4 Å². The van der Waals surface area contributed by atoms with Gasteiger partial charge in [-0.3, -0.25) is 9.78 Å². The first-order valence-corrected chi connectivity index (χ1v) is 5.84. The molecule has 0 fully saturated rings. The van der Waals surface area contributed by atoms with E-state index in [4.69, 9.17) is 11.6 Å². The molecule has 3 aromatic rings. The van der Waals surface area contributed by atoms with E-state index in [2.05, 4.69) is 4.98 Å². The van der Waals surface area contributed by atoms with Gasteiger partial charge >= 0.3 is 0 Å². The first-order valence-electron chi connectivity index (χ1n) is 5.47. The Hall–Kier alpha value is -2.13. The summed E-state index contributed by atoms with van der Waals surface area (Å²) in [6, 6.07) is 11.0. The second-order valence-electron chi connectivity index (χ2n) is 3.92. The Balaban J connectivity index is 2.36. The number of halogens is 1. The Kier molecular flexibility index (Phi) is 2.61. The molecule has 0 amide bonds. The molecule has 0 aliphatic rings. The molecule has 4 heteroatoms. The lowest BCUT2D eigenvalue weighted by Crippen LogP contribution is -1.92. The van der Waals surface area contributed by atoms with Crippen molar-refractivity contribution in [1.29, 1.82) is 0 Å². The monoisotopic (exact) mass is 256 g/mol. The molecule has 3 rings (SSSR count). The Morgan fingerprint density at radius 1 is 1.22 bits per heavy atom. The lowest BCUT2D eigenvalue weighted by atomic mass is 10.2. The number of pyridine rings is 2. The quantitative estimate of drug-likeness (QED) is 0.658. The van der Waals surface area contributed by atoms with Gasteiger partial charge in [0.25, 0.3) is 0 Å². The molecule has 0 bridgehead atoms. The standard InChI is InChI=1S/C14H9ClN2O/c15-11-4-6-17-12(8-11)7-10(9-18)14(17)13-3-1-2-5-16-13/h1-9H. The van der Waals surface area contributed by atoms with E-state index in [0.29, 0.717) is 10.6 Å². The lowest BCUT2D eigenvalue weighted by Gasteiger charge is -2.03. The van der Waals surface area contributed by atoms with Crippen LogP contribution in [0.25, 0.3) is 16.9 Å². The van der Waals surface area contributed by atoms with Gasteiger partial charge in [0.1, 0.15) is 0 Å². The minimum atomic E-state index is 0.607. The molecular weight excluding hydrogens is 248 g/mol. The number of fused-ring (bicyclic) bond motifs is 1. The lowest BCUT2D eigenvalue weighted by molar-refractivity contribution is 0.112. The smallest absolute Gasteiger partial charge is 0.152 e. The van der Waals surface area contributed by atoms with Crippen LogP contribution in [0.5, 0.6) is 0 Å². The Labute approximate surface area is 109 Å². The van der Waals surface area contributed by atoms with Crippen molar-refractivity contribution in [1.82, 2.24) is 9.38 Å². The maximum absolute atomic E-state index is 11.2. The third kappa shape index (κ3) is 1.69. The van der Waals surface area contributed by atoms with E-state index in [-0.39, 0.29) is 0 Å². The van der Waals surface area contributed by atoms with Crippen LogP contribution in [-0.4, -0.2) is 15.7 Å². The average Bonchev–Trinajstić information content (AvgIpc) is 2.77. The summed E-state index contributed by atoms with van der Waals surface area (Å²) in [5.41, 5.74) is 3.04. The van der Waals surface area contributed by atoms with Crippen LogP contribution in [0.3, 0.4) is 0 Å². The van der Waals surface area contributed by atoms with Gasteiger partial charge in [-0.05, 0) is 30.3 Å². The van der Waals surface area contributed by atoms with Crippen molar-refractivity contribution in [2.45, 2.75) is 0 Å². The number of nitrogens with zero attached hydrogens (tertiary/aromatic N) is 2. The number of hydrogen-bond donors (Lipinski definition) is 0. The van der Waals surface area contributed by atoms with Gasteiger partial charge < -0.3 is 4.40 Å². The topological polar surface area (TPSA) is 34.4 Å². The first-order chi connectivity index (χ1) is 8.79. The molecule has 0 saturated heterocycles. The normalized spacial score (nSPS) is 10.7. The molecule has 0 aromatic carbocycles. The molecule has 0 spiro atoms. The molecule has 88 valence electrons. The van der Waals surface area contributed by atoms with Gasteiger partial charge in [-0.2, -0.15) is 0 Å². The molecule has 0 aliphatic carbocycles. The average molecular weight is 257 g/mol. The maximum Gasteiger partial charge on any atom is 0.152 e. The zero-order chi connectivity index (χ0) is 12.5. The van der Waals surface area contributed by atoms with Gasteiger partial charge in [-0.1, -0.05) is 17.7 Å². The maximum atomic E-state index is 11.2. The molecule has 0 N–H and O–H groups in total. The highest BCUT2D eigenvalue weighted by Gasteiger charge is 2.12. The zero-order valence-corrected chi connectivity index (χ0v) is 10.1. The van der Waals surface area contributed by atoms with Crippen molar-refractivity contribution in [2.24, 2.45) is 0 Å². The summed E-state index contributed by atoms with van der Waals surface area (Å²) in [7, 11) is 0. The van der Waals surface area contributed by atoms with Crippen molar-refractivity contribution >= 4 is 23.4 Å². The predicted octanol–water partition coefficient (Wildman–Crippen LogP) is 3.47. The van der Waals surface area contributed by atoms with E-state index in [9.17, 15) is 4.79 Å². The summed E-state index contributed by atoms with van der Waals surface area (Å²) >= 11 is 5.95. The summed E-state index contributed by atoms with van der Waals surface area (Å²) in [5.74, 6) is 0.